The Kier molecular flexibility index (Phi) is 2.03. The second-order valence-corrected chi connectivity index (χ2v) is 5.17. The number of ether oxygens (including phenoxy) is 1. The minimum absolute atomic E-state index is 0.415. The molecule has 13 heavy (non-hydrogen) atoms. The van der Waals surface area contributed by atoms with Gasteiger partial charge >= 0.3 is 0 Å². The molecule has 1 saturated carbocycles. The Balaban J connectivity index is 2.18. The first-order valence-electron chi connectivity index (χ1n) is 5.27. The van der Waals surface area contributed by atoms with Crippen molar-refractivity contribution in [2.75, 3.05) is 7.11 Å². The molecule has 1 fully saturated rings. The summed E-state index contributed by atoms with van der Waals surface area (Å²) < 4.78 is 5.45. The average Bonchev–Trinajstić information content (AvgIpc) is 2.54. The first-order valence-corrected chi connectivity index (χ1v) is 5.27. The molecule has 2 rings (SSSR count). The molecule has 0 bridgehead atoms. The maximum Gasteiger partial charge on any atom is 0.0580 e. The molecule has 0 aromatic heterocycles. The molecule has 0 unspecified atom stereocenters. The van der Waals surface area contributed by atoms with Crippen LogP contribution in [0.4, 0.5) is 0 Å². The van der Waals surface area contributed by atoms with E-state index in [1.165, 1.54) is 12.8 Å². The van der Waals surface area contributed by atoms with Gasteiger partial charge in [-0.15, -0.1) is 0 Å². The molecule has 0 aromatic carbocycles. The zero-order valence-electron chi connectivity index (χ0n) is 9.13. The SMILES string of the molecule is CO[C@H]1C[C@@H]2[C@@H](C=C(C)C2(C)C)C1. The van der Waals surface area contributed by atoms with Gasteiger partial charge in [0.2, 0.25) is 0 Å². The van der Waals surface area contributed by atoms with Gasteiger partial charge in [0.15, 0.2) is 0 Å². The number of allylic oxidation sites excluding steroid dienone is 2. The third-order valence-corrected chi connectivity index (χ3v) is 4.31. The summed E-state index contributed by atoms with van der Waals surface area (Å²) in [4.78, 5) is 0. The molecule has 74 valence electrons. The molecule has 0 N–H and O–H groups in total. The van der Waals surface area contributed by atoms with Gasteiger partial charge in [-0.05, 0) is 37.0 Å². The van der Waals surface area contributed by atoms with Crippen molar-refractivity contribution in [3.63, 3.8) is 0 Å². The van der Waals surface area contributed by atoms with Gasteiger partial charge in [0.1, 0.15) is 0 Å². The minimum atomic E-state index is 0.415. The molecule has 0 aromatic rings. The first-order chi connectivity index (χ1) is 6.05. The van der Waals surface area contributed by atoms with Crippen LogP contribution in [0.1, 0.15) is 33.6 Å². The van der Waals surface area contributed by atoms with E-state index >= 15 is 0 Å². The van der Waals surface area contributed by atoms with Gasteiger partial charge < -0.3 is 4.74 Å². The lowest BCUT2D eigenvalue weighted by molar-refractivity contribution is 0.0979. The van der Waals surface area contributed by atoms with E-state index in [1.54, 1.807) is 5.57 Å². The summed E-state index contributed by atoms with van der Waals surface area (Å²) in [5, 5.41) is 0. The highest BCUT2D eigenvalue weighted by Crippen LogP contribution is 2.54. The summed E-state index contributed by atoms with van der Waals surface area (Å²) in [6, 6.07) is 0. The van der Waals surface area contributed by atoms with E-state index < -0.39 is 0 Å². The predicted molar refractivity (Wildman–Crippen MR) is 54.5 cm³/mol. The van der Waals surface area contributed by atoms with Gasteiger partial charge in [0.25, 0.3) is 0 Å². The molecule has 0 heterocycles. The van der Waals surface area contributed by atoms with Crippen LogP contribution in [-0.2, 0) is 4.74 Å². The molecule has 0 amide bonds. The minimum Gasteiger partial charge on any atom is -0.381 e. The molecule has 2 aliphatic rings. The number of rotatable bonds is 1. The van der Waals surface area contributed by atoms with E-state index in [0.29, 0.717) is 11.5 Å². The number of hydrogen-bond acceptors (Lipinski definition) is 1. The van der Waals surface area contributed by atoms with E-state index in [2.05, 4.69) is 26.8 Å². The van der Waals surface area contributed by atoms with E-state index in [0.717, 1.165) is 11.8 Å². The van der Waals surface area contributed by atoms with Crippen molar-refractivity contribution in [1.82, 2.24) is 0 Å². The highest BCUT2D eigenvalue weighted by atomic mass is 16.5. The molecular weight excluding hydrogens is 160 g/mol. The summed E-state index contributed by atoms with van der Waals surface area (Å²) in [5.41, 5.74) is 2.00. The Morgan fingerprint density at radius 1 is 1.38 bits per heavy atom. The topological polar surface area (TPSA) is 9.23 Å². The number of hydrogen-bond donors (Lipinski definition) is 0. The highest BCUT2D eigenvalue weighted by molar-refractivity contribution is 5.23. The van der Waals surface area contributed by atoms with E-state index in [-0.39, 0.29) is 0 Å². The maximum atomic E-state index is 5.45. The highest BCUT2D eigenvalue weighted by Gasteiger charge is 2.46. The van der Waals surface area contributed by atoms with Crippen molar-refractivity contribution in [2.24, 2.45) is 17.3 Å². The molecule has 0 radical (unpaired) electrons. The molecule has 1 nitrogen and oxygen atoms in total. The third-order valence-electron chi connectivity index (χ3n) is 4.31. The lowest BCUT2D eigenvalue weighted by Crippen LogP contribution is -2.22. The predicted octanol–water partition coefficient (Wildman–Crippen LogP) is 3.01. The fraction of sp³-hybridized carbons (Fsp3) is 0.833. The van der Waals surface area contributed by atoms with Crippen LogP contribution in [0, 0.1) is 17.3 Å². The van der Waals surface area contributed by atoms with Crippen LogP contribution in [0.25, 0.3) is 0 Å². The number of methoxy groups -OCH3 is 1. The van der Waals surface area contributed by atoms with Gasteiger partial charge in [-0.25, -0.2) is 0 Å². The van der Waals surface area contributed by atoms with E-state index in [4.69, 9.17) is 4.74 Å². The quantitative estimate of drug-likeness (QED) is 0.564. The van der Waals surface area contributed by atoms with Gasteiger partial charge in [-0.2, -0.15) is 0 Å². The van der Waals surface area contributed by atoms with Crippen LogP contribution in [0.15, 0.2) is 11.6 Å². The van der Waals surface area contributed by atoms with Crippen LogP contribution < -0.4 is 0 Å². The largest absolute Gasteiger partial charge is 0.381 e. The van der Waals surface area contributed by atoms with Crippen LogP contribution in [0.2, 0.25) is 0 Å². The molecule has 0 spiro atoms. The van der Waals surface area contributed by atoms with Crippen molar-refractivity contribution in [1.29, 1.82) is 0 Å². The van der Waals surface area contributed by atoms with Crippen LogP contribution in [0.3, 0.4) is 0 Å². The summed E-state index contributed by atoms with van der Waals surface area (Å²) in [6.45, 7) is 7.03. The van der Waals surface area contributed by atoms with Crippen LogP contribution in [-0.4, -0.2) is 13.2 Å². The van der Waals surface area contributed by atoms with Gasteiger partial charge in [-0.3, -0.25) is 0 Å². The van der Waals surface area contributed by atoms with Crippen molar-refractivity contribution in [3.05, 3.63) is 11.6 Å². The second kappa shape index (κ2) is 2.84. The van der Waals surface area contributed by atoms with Crippen molar-refractivity contribution < 1.29 is 4.74 Å². The first kappa shape index (κ1) is 9.26. The summed E-state index contributed by atoms with van der Waals surface area (Å²) in [5.74, 6) is 1.62. The van der Waals surface area contributed by atoms with Gasteiger partial charge in [0, 0.05) is 7.11 Å². The molecule has 0 saturated heterocycles. The maximum absolute atomic E-state index is 5.45. The average molecular weight is 180 g/mol. The Morgan fingerprint density at radius 2 is 2.08 bits per heavy atom. The summed E-state index contributed by atoms with van der Waals surface area (Å²) in [6.07, 6.45) is 5.48. The zero-order chi connectivity index (χ0) is 9.64. The summed E-state index contributed by atoms with van der Waals surface area (Å²) >= 11 is 0. The Hall–Kier alpha value is -0.300. The number of fused-ring (bicyclic) bond motifs is 1. The monoisotopic (exact) mass is 180 g/mol. The smallest absolute Gasteiger partial charge is 0.0580 e. The molecular formula is C12H20O. The zero-order valence-corrected chi connectivity index (χ0v) is 9.13. The lowest BCUT2D eigenvalue weighted by atomic mass is 9.76. The van der Waals surface area contributed by atoms with Gasteiger partial charge in [-0.1, -0.05) is 25.5 Å². The molecule has 1 heteroatoms. The van der Waals surface area contributed by atoms with Crippen LogP contribution >= 0.6 is 0 Å². The van der Waals surface area contributed by atoms with Gasteiger partial charge in [0.05, 0.1) is 6.10 Å². The third kappa shape index (κ3) is 1.25. The fourth-order valence-corrected chi connectivity index (χ4v) is 3.06. The van der Waals surface area contributed by atoms with Crippen molar-refractivity contribution >= 4 is 0 Å². The fourth-order valence-electron chi connectivity index (χ4n) is 3.06. The van der Waals surface area contributed by atoms with Crippen molar-refractivity contribution in [3.8, 4) is 0 Å². The molecule has 3 atom stereocenters. The standard InChI is InChI=1S/C12H20O/c1-8-5-9-6-10(13-4)7-11(9)12(8,2)3/h5,9-11H,6-7H2,1-4H3/t9-,10+,11+/m0/s1. The Morgan fingerprint density at radius 3 is 2.62 bits per heavy atom. The van der Waals surface area contributed by atoms with E-state index in [9.17, 15) is 0 Å². The summed E-state index contributed by atoms with van der Waals surface area (Å²) in [7, 11) is 1.84. The lowest BCUT2D eigenvalue weighted by Gasteiger charge is -2.29. The second-order valence-electron chi connectivity index (χ2n) is 5.17. The molecule has 2 aliphatic carbocycles. The van der Waals surface area contributed by atoms with Crippen LogP contribution in [0.5, 0.6) is 0 Å². The normalized spacial score (nSPS) is 41.8. The molecule has 0 aliphatic heterocycles. The van der Waals surface area contributed by atoms with E-state index in [1.807, 2.05) is 7.11 Å². The Bertz CT molecular complexity index is 240. The van der Waals surface area contributed by atoms with Crippen molar-refractivity contribution in [2.45, 2.75) is 39.7 Å². The Labute approximate surface area is 81.2 Å².